The Morgan fingerprint density at radius 1 is 1.06 bits per heavy atom. The van der Waals surface area contributed by atoms with Gasteiger partial charge in [-0.05, 0) is 55.0 Å². The minimum atomic E-state index is -0.601. The lowest BCUT2D eigenvalue weighted by Gasteiger charge is -2.15. The fourth-order valence-corrected chi connectivity index (χ4v) is 4.46. The largest absolute Gasteiger partial charge is 0.346 e. The number of para-hydroxylation sites is 1. The van der Waals surface area contributed by atoms with Gasteiger partial charge in [0.25, 0.3) is 5.91 Å². The molecule has 0 aliphatic carbocycles. The molecule has 4 rings (SSSR count). The average molecular weight is 491 g/mol. The Kier molecular flexibility index (Phi) is 7.57. The zero-order valence-electron chi connectivity index (χ0n) is 18.8. The summed E-state index contributed by atoms with van der Waals surface area (Å²) >= 11 is 1.20. The van der Waals surface area contributed by atoms with Crippen molar-refractivity contribution >= 4 is 46.0 Å². The average Bonchev–Trinajstić information content (AvgIpc) is 3.17. The predicted molar refractivity (Wildman–Crippen MR) is 135 cm³/mol. The highest BCUT2D eigenvalue weighted by molar-refractivity contribution is 8.15. The molecule has 1 aliphatic heterocycles. The van der Waals surface area contributed by atoms with Crippen LogP contribution in [0.5, 0.6) is 0 Å². The fraction of sp³-hybridized carbons (Fsp3) is 0.154. The molecule has 3 aromatic carbocycles. The van der Waals surface area contributed by atoms with E-state index in [1.807, 2.05) is 30.3 Å². The van der Waals surface area contributed by atoms with E-state index in [0.29, 0.717) is 27.7 Å². The highest BCUT2D eigenvalue weighted by Gasteiger charge is 2.32. The Morgan fingerprint density at radius 3 is 2.60 bits per heavy atom. The number of amides is 3. The van der Waals surface area contributed by atoms with Gasteiger partial charge in [-0.3, -0.25) is 14.4 Å². The van der Waals surface area contributed by atoms with Crippen LogP contribution in [0.15, 0.2) is 83.9 Å². The summed E-state index contributed by atoms with van der Waals surface area (Å²) in [5.74, 6) is -1.37. The van der Waals surface area contributed by atoms with Crippen LogP contribution < -0.4 is 16.0 Å². The number of thioether (sulfide) groups is 1. The molecule has 178 valence electrons. The molecule has 9 heteroatoms. The molecule has 1 heterocycles. The monoisotopic (exact) mass is 490 g/mol. The maximum absolute atomic E-state index is 13.5. The van der Waals surface area contributed by atoms with Crippen molar-refractivity contribution in [2.75, 3.05) is 5.32 Å². The first-order valence-corrected chi connectivity index (χ1v) is 11.8. The molecule has 0 radical (unpaired) electrons. The molecular formula is C26H23FN4O3S. The van der Waals surface area contributed by atoms with E-state index in [2.05, 4.69) is 20.9 Å². The van der Waals surface area contributed by atoms with Gasteiger partial charge in [0.05, 0.1) is 11.7 Å². The van der Waals surface area contributed by atoms with Gasteiger partial charge in [-0.15, -0.1) is 0 Å². The van der Waals surface area contributed by atoms with E-state index in [1.165, 1.54) is 23.9 Å². The number of amidine groups is 1. The molecule has 2 atom stereocenters. The molecule has 0 spiro atoms. The number of nitrogens with zero attached hydrogens (tertiary/aromatic N) is 1. The van der Waals surface area contributed by atoms with Crippen LogP contribution in [0, 0.1) is 5.82 Å². The quantitative estimate of drug-likeness (QED) is 0.452. The van der Waals surface area contributed by atoms with Crippen molar-refractivity contribution in [3.8, 4) is 0 Å². The van der Waals surface area contributed by atoms with Crippen molar-refractivity contribution < 1.29 is 18.8 Å². The van der Waals surface area contributed by atoms with Crippen LogP contribution >= 0.6 is 11.8 Å². The first-order chi connectivity index (χ1) is 16.9. The Bertz CT molecular complexity index is 1280. The standard InChI is InChI=1S/C26H23FN4O3S/c1-16(17-7-5-9-19(27)13-17)28-24(33)18-8-6-12-21(14-18)29-23(32)15-22-25(34)31-26(35-22)30-20-10-3-2-4-11-20/h2-14,16,22H,15H2,1H3,(H,28,33)(H,29,32)(H,30,31,34)/t16-,22-/m1/s1. The second-order valence-corrected chi connectivity index (χ2v) is 9.12. The van der Waals surface area contributed by atoms with E-state index in [-0.39, 0.29) is 30.0 Å². The summed E-state index contributed by atoms with van der Waals surface area (Å²) in [5.41, 5.74) is 2.13. The van der Waals surface area contributed by atoms with E-state index >= 15 is 0 Å². The highest BCUT2D eigenvalue weighted by atomic mass is 32.2. The first kappa shape index (κ1) is 24.2. The normalized spacial score (nSPS) is 17.0. The van der Waals surface area contributed by atoms with Crippen molar-refractivity contribution in [3.05, 3.63) is 95.8 Å². The van der Waals surface area contributed by atoms with Crippen LogP contribution in [0.25, 0.3) is 0 Å². The van der Waals surface area contributed by atoms with Gasteiger partial charge in [-0.25, -0.2) is 9.38 Å². The van der Waals surface area contributed by atoms with Crippen LogP contribution in [-0.2, 0) is 9.59 Å². The number of carbonyl (C=O) groups excluding carboxylic acids is 3. The number of hydrogen-bond acceptors (Lipinski definition) is 5. The number of aliphatic imine (C=N–C) groups is 1. The lowest BCUT2D eigenvalue weighted by atomic mass is 10.1. The molecule has 1 fully saturated rings. The van der Waals surface area contributed by atoms with Crippen molar-refractivity contribution in [1.82, 2.24) is 10.6 Å². The topological polar surface area (TPSA) is 99.7 Å². The number of nitrogens with one attached hydrogen (secondary N) is 3. The molecule has 0 saturated carbocycles. The molecule has 1 saturated heterocycles. The maximum Gasteiger partial charge on any atom is 0.251 e. The van der Waals surface area contributed by atoms with E-state index in [4.69, 9.17) is 0 Å². The number of anilines is 1. The van der Waals surface area contributed by atoms with Crippen LogP contribution in [0.2, 0.25) is 0 Å². The van der Waals surface area contributed by atoms with Gasteiger partial charge < -0.3 is 16.0 Å². The van der Waals surface area contributed by atoms with Gasteiger partial charge >= 0.3 is 0 Å². The van der Waals surface area contributed by atoms with Crippen molar-refractivity contribution in [1.29, 1.82) is 0 Å². The second kappa shape index (κ2) is 11.0. The lowest BCUT2D eigenvalue weighted by Crippen LogP contribution is -2.28. The second-order valence-electron chi connectivity index (χ2n) is 7.93. The van der Waals surface area contributed by atoms with E-state index in [9.17, 15) is 18.8 Å². The molecule has 1 aliphatic rings. The summed E-state index contributed by atoms with van der Waals surface area (Å²) < 4.78 is 13.5. The Labute approximate surface area is 206 Å². The molecule has 7 nitrogen and oxygen atoms in total. The third kappa shape index (κ3) is 6.54. The number of rotatable bonds is 7. The van der Waals surface area contributed by atoms with E-state index < -0.39 is 11.3 Å². The Hall–Kier alpha value is -3.98. The molecular weight excluding hydrogens is 467 g/mol. The van der Waals surface area contributed by atoms with Crippen molar-refractivity contribution in [2.45, 2.75) is 24.6 Å². The third-order valence-electron chi connectivity index (χ3n) is 5.24. The van der Waals surface area contributed by atoms with Gasteiger partial charge in [0.2, 0.25) is 11.8 Å². The minimum absolute atomic E-state index is 0.0443. The lowest BCUT2D eigenvalue weighted by molar-refractivity contribution is -0.122. The third-order valence-corrected chi connectivity index (χ3v) is 6.32. The summed E-state index contributed by atoms with van der Waals surface area (Å²) in [6, 6.07) is 21.3. The smallest absolute Gasteiger partial charge is 0.251 e. The summed E-state index contributed by atoms with van der Waals surface area (Å²) in [4.78, 5) is 41.9. The molecule has 0 aromatic heterocycles. The fourth-order valence-electron chi connectivity index (χ4n) is 3.47. The minimum Gasteiger partial charge on any atom is -0.346 e. The van der Waals surface area contributed by atoms with Gasteiger partial charge in [0, 0.05) is 17.7 Å². The predicted octanol–water partition coefficient (Wildman–Crippen LogP) is 4.56. The SMILES string of the molecule is C[C@@H](NC(=O)c1cccc(NC(=O)C[C@H]2SC(=Nc3ccccc3)NC2=O)c1)c1cccc(F)c1. The number of carbonyl (C=O) groups is 3. The summed E-state index contributed by atoms with van der Waals surface area (Å²) in [5, 5.41) is 8.11. The molecule has 3 N–H and O–H groups in total. The summed E-state index contributed by atoms with van der Waals surface area (Å²) in [6.07, 6.45) is -0.0443. The Morgan fingerprint density at radius 2 is 1.83 bits per heavy atom. The van der Waals surface area contributed by atoms with Gasteiger partial charge in [-0.1, -0.05) is 48.2 Å². The Balaban J connectivity index is 1.34. The van der Waals surface area contributed by atoms with Gasteiger partial charge in [0.15, 0.2) is 5.17 Å². The van der Waals surface area contributed by atoms with Crippen LogP contribution in [-0.4, -0.2) is 28.1 Å². The molecule has 3 aromatic rings. The van der Waals surface area contributed by atoms with Crippen LogP contribution in [0.3, 0.4) is 0 Å². The van der Waals surface area contributed by atoms with Crippen molar-refractivity contribution in [3.63, 3.8) is 0 Å². The zero-order chi connectivity index (χ0) is 24.8. The summed E-state index contributed by atoms with van der Waals surface area (Å²) in [6.45, 7) is 1.76. The molecule has 35 heavy (non-hydrogen) atoms. The maximum atomic E-state index is 13.5. The van der Waals surface area contributed by atoms with Crippen LogP contribution in [0.1, 0.15) is 35.3 Å². The zero-order valence-corrected chi connectivity index (χ0v) is 19.6. The van der Waals surface area contributed by atoms with Crippen molar-refractivity contribution in [2.24, 2.45) is 4.99 Å². The summed E-state index contributed by atoms with van der Waals surface area (Å²) in [7, 11) is 0. The molecule has 3 amide bonds. The van der Waals surface area contributed by atoms with E-state index in [1.54, 1.807) is 43.3 Å². The molecule has 0 bridgehead atoms. The first-order valence-electron chi connectivity index (χ1n) is 10.9. The van der Waals surface area contributed by atoms with E-state index in [0.717, 1.165) is 0 Å². The number of benzene rings is 3. The van der Waals surface area contributed by atoms with Gasteiger partial charge in [0.1, 0.15) is 11.1 Å². The molecule has 0 unspecified atom stereocenters. The highest BCUT2D eigenvalue weighted by Crippen LogP contribution is 2.25. The van der Waals surface area contributed by atoms with Crippen LogP contribution in [0.4, 0.5) is 15.8 Å². The van der Waals surface area contributed by atoms with Gasteiger partial charge in [-0.2, -0.15) is 0 Å². The number of hydrogen-bond donors (Lipinski definition) is 3. The number of halogens is 1.